The fourth-order valence-electron chi connectivity index (χ4n) is 2.13. The van der Waals surface area contributed by atoms with E-state index in [1.807, 2.05) is 0 Å². The number of piperidine rings is 1. The minimum atomic E-state index is -3.20. The van der Waals surface area contributed by atoms with E-state index in [0.717, 1.165) is 11.3 Å². The van der Waals surface area contributed by atoms with Crippen molar-refractivity contribution in [3.05, 3.63) is 21.5 Å². The zero-order chi connectivity index (χ0) is 18.3. The molecule has 0 bridgehead atoms. The minimum Gasteiger partial charge on any atom is -0.367 e. The molecule has 1 unspecified atom stereocenters. The van der Waals surface area contributed by atoms with Gasteiger partial charge in [0.25, 0.3) is 5.92 Å². The van der Waals surface area contributed by atoms with Crippen LogP contribution in [-0.2, 0) is 9.63 Å². The van der Waals surface area contributed by atoms with E-state index in [9.17, 15) is 23.7 Å². The summed E-state index contributed by atoms with van der Waals surface area (Å²) in [6, 6.07) is -1.58. The van der Waals surface area contributed by atoms with Crippen LogP contribution in [0.15, 0.2) is 6.20 Å². The molecule has 11 heteroatoms. The van der Waals surface area contributed by atoms with Crippen molar-refractivity contribution in [1.82, 2.24) is 14.8 Å². The average Bonchev–Trinajstić information content (AvgIpc) is 2.81. The van der Waals surface area contributed by atoms with Gasteiger partial charge in [0.1, 0.15) is 12.2 Å². The van der Waals surface area contributed by atoms with Crippen molar-refractivity contribution in [1.29, 1.82) is 0 Å². The fraction of sp³-hybridized carbons (Fsp3) is 0.692. The summed E-state index contributed by atoms with van der Waals surface area (Å²) in [4.78, 5) is 27.0. The van der Waals surface area contributed by atoms with E-state index in [2.05, 4.69) is 5.10 Å². The lowest BCUT2D eigenvalue weighted by molar-refractivity contribution is -0.384. The molecule has 2 heterocycles. The third-order valence-electron chi connectivity index (χ3n) is 3.59. The maximum Gasteiger partial charge on any atom is 0.330 e. The van der Waals surface area contributed by atoms with Crippen LogP contribution in [0.3, 0.4) is 0 Å². The van der Waals surface area contributed by atoms with Crippen molar-refractivity contribution < 1.29 is 23.3 Å². The van der Waals surface area contributed by atoms with Gasteiger partial charge in [-0.1, -0.05) is 11.6 Å². The number of carbonyl (C=O) groups excluding carboxylic acids is 1. The molecule has 24 heavy (non-hydrogen) atoms. The first kappa shape index (κ1) is 18.5. The van der Waals surface area contributed by atoms with Gasteiger partial charge in [-0.25, -0.2) is 18.3 Å². The van der Waals surface area contributed by atoms with Crippen LogP contribution in [-0.4, -0.2) is 44.7 Å². The van der Waals surface area contributed by atoms with Crippen LogP contribution in [0, 0.1) is 15.5 Å². The number of nitro groups is 1. The first-order valence-corrected chi connectivity index (χ1v) is 7.54. The van der Waals surface area contributed by atoms with Crippen LogP contribution in [0.1, 0.15) is 33.2 Å². The third kappa shape index (κ3) is 3.64. The largest absolute Gasteiger partial charge is 0.367 e. The number of alkyl halides is 2. The fourth-order valence-corrected chi connectivity index (χ4v) is 2.41. The van der Waals surface area contributed by atoms with Gasteiger partial charge in [0.15, 0.2) is 0 Å². The van der Waals surface area contributed by atoms with Gasteiger partial charge in [-0.2, -0.15) is 5.10 Å². The van der Waals surface area contributed by atoms with Crippen LogP contribution in [0.5, 0.6) is 0 Å². The van der Waals surface area contributed by atoms with E-state index < -0.39 is 45.5 Å². The van der Waals surface area contributed by atoms with Gasteiger partial charge in [-0.15, -0.1) is 5.06 Å². The Morgan fingerprint density at radius 3 is 2.67 bits per heavy atom. The SMILES string of the molecule is CC(C)(C)C(=O)ON1CCC(F)(F)C(n2ncc([N+](=O)[O-])c2Cl)C1. The van der Waals surface area contributed by atoms with E-state index in [0.29, 0.717) is 4.68 Å². The highest BCUT2D eigenvalue weighted by Crippen LogP contribution is 2.40. The van der Waals surface area contributed by atoms with Crippen molar-refractivity contribution in [3.63, 3.8) is 0 Å². The predicted molar refractivity (Wildman–Crippen MR) is 79.6 cm³/mol. The Labute approximate surface area is 141 Å². The van der Waals surface area contributed by atoms with Crippen molar-refractivity contribution in [2.45, 2.75) is 39.2 Å². The van der Waals surface area contributed by atoms with E-state index >= 15 is 0 Å². The normalized spacial score (nSPS) is 21.5. The number of halogens is 3. The minimum absolute atomic E-state index is 0.160. The highest BCUT2D eigenvalue weighted by molar-refractivity contribution is 6.31. The Kier molecular flexibility index (Phi) is 4.82. The summed E-state index contributed by atoms with van der Waals surface area (Å²) in [5.74, 6) is -3.77. The van der Waals surface area contributed by atoms with Crippen molar-refractivity contribution >= 4 is 23.3 Å². The molecule has 1 saturated heterocycles. The van der Waals surface area contributed by atoms with Crippen LogP contribution in [0.2, 0.25) is 5.15 Å². The smallest absolute Gasteiger partial charge is 0.330 e. The number of nitrogens with zero attached hydrogens (tertiary/aromatic N) is 4. The molecule has 1 fully saturated rings. The van der Waals surface area contributed by atoms with Crippen LogP contribution in [0.4, 0.5) is 14.5 Å². The Morgan fingerprint density at radius 2 is 2.17 bits per heavy atom. The molecule has 134 valence electrons. The van der Waals surface area contributed by atoms with Gasteiger partial charge >= 0.3 is 11.7 Å². The zero-order valence-electron chi connectivity index (χ0n) is 13.3. The van der Waals surface area contributed by atoms with Gasteiger partial charge < -0.3 is 4.84 Å². The number of hydroxylamine groups is 2. The standard InChI is InChI=1S/C13H17ClF2N4O4/c1-12(2,3)11(21)24-18-5-4-13(15,16)9(7-18)19-10(14)8(6-17-19)20(22)23/h6,9H,4-5,7H2,1-3H3. The Morgan fingerprint density at radius 1 is 1.54 bits per heavy atom. The lowest BCUT2D eigenvalue weighted by Crippen LogP contribution is -2.49. The van der Waals surface area contributed by atoms with E-state index in [1.54, 1.807) is 20.8 Å². The molecule has 0 N–H and O–H groups in total. The van der Waals surface area contributed by atoms with Gasteiger partial charge in [0.2, 0.25) is 5.15 Å². The monoisotopic (exact) mass is 366 g/mol. The summed E-state index contributed by atoms with van der Waals surface area (Å²) in [5.41, 5.74) is -1.35. The molecule has 1 aliphatic rings. The Balaban J connectivity index is 2.24. The predicted octanol–water partition coefficient (Wildman–Crippen LogP) is 2.83. The van der Waals surface area contributed by atoms with E-state index in [1.165, 1.54) is 0 Å². The second-order valence-corrected chi connectivity index (χ2v) is 6.92. The number of carbonyl (C=O) groups is 1. The molecule has 0 saturated carbocycles. The first-order valence-electron chi connectivity index (χ1n) is 7.16. The molecule has 1 aromatic heterocycles. The summed E-state index contributed by atoms with van der Waals surface area (Å²) in [6.45, 7) is 4.37. The second-order valence-electron chi connectivity index (χ2n) is 6.57. The molecule has 1 atom stereocenters. The van der Waals surface area contributed by atoms with Crippen molar-refractivity contribution in [3.8, 4) is 0 Å². The molecule has 0 spiro atoms. The Bertz CT molecular complexity index is 659. The summed E-state index contributed by atoms with van der Waals surface area (Å²) in [7, 11) is 0. The highest BCUT2D eigenvalue weighted by Gasteiger charge is 2.48. The quantitative estimate of drug-likeness (QED) is 0.603. The first-order chi connectivity index (χ1) is 10.9. The van der Waals surface area contributed by atoms with Gasteiger partial charge in [0, 0.05) is 13.0 Å². The van der Waals surface area contributed by atoms with Crippen LogP contribution >= 0.6 is 11.6 Å². The molecule has 1 aliphatic heterocycles. The van der Waals surface area contributed by atoms with Gasteiger partial charge in [0.05, 0.1) is 16.9 Å². The zero-order valence-corrected chi connectivity index (χ0v) is 14.1. The number of aromatic nitrogens is 2. The van der Waals surface area contributed by atoms with Gasteiger partial charge in [-0.3, -0.25) is 10.1 Å². The molecular weight excluding hydrogens is 350 g/mol. The molecule has 0 aliphatic carbocycles. The number of hydrogen-bond donors (Lipinski definition) is 0. The molecule has 0 aromatic carbocycles. The molecular formula is C13H17ClF2N4O4. The third-order valence-corrected chi connectivity index (χ3v) is 3.96. The molecule has 2 rings (SSSR count). The lowest BCUT2D eigenvalue weighted by atomic mass is 9.97. The van der Waals surface area contributed by atoms with E-state index in [4.69, 9.17) is 16.4 Å². The molecule has 1 aromatic rings. The maximum absolute atomic E-state index is 14.2. The van der Waals surface area contributed by atoms with Crippen molar-refractivity contribution in [2.24, 2.45) is 5.41 Å². The lowest BCUT2D eigenvalue weighted by Gasteiger charge is -2.37. The summed E-state index contributed by atoms with van der Waals surface area (Å²) < 4.78 is 29.2. The van der Waals surface area contributed by atoms with Gasteiger partial charge in [-0.05, 0) is 20.8 Å². The number of rotatable bonds is 3. The topological polar surface area (TPSA) is 90.5 Å². The summed E-state index contributed by atoms with van der Waals surface area (Å²) >= 11 is 5.81. The van der Waals surface area contributed by atoms with E-state index in [-0.39, 0.29) is 13.1 Å². The van der Waals surface area contributed by atoms with Crippen molar-refractivity contribution in [2.75, 3.05) is 13.1 Å². The summed E-state index contributed by atoms with van der Waals surface area (Å²) in [5, 5.41) is 15.0. The second kappa shape index (κ2) is 6.25. The maximum atomic E-state index is 14.2. The number of hydrogen-bond acceptors (Lipinski definition) is 6. The molecule has 8 nitrogen and oxygen atoms in total. The summed E-state index contributed by atoms with van der Waals surface area (Å²) in [6.07, 6.45) is 0.220. The van der Waals surface area contributed by atoms with Crippen LogP contribution < -0.4 is 0 Å². The average molecular weight is 367 g/mol. The van der Waals surface area contributed by atoms with Crippen LogP contribution in [0.25, 0.3) is 0 Å². The Hall–Kier alpha value is -1.81. The molecule has 0 radical (unpaired) electrons. The molecule has 0 amide bonds. The highest BCUT2D eigenvalue weighted by atomic mass is 35.5.